The number of pyridine rings is 1. The van der Waals surface area contributed by atoms with Crippen LogP contribution in [0.15, 0.2) is 48.8 Å². The van der Waals surface area contributed by atoms with Crippen LogP contribution in [0.4, 0.5) is 10.5 Å². The number of hydrogen-bond acceptors (Lipinski definition) is 3. The highest BCUT2D eigenvalue weighted by Gasteiger charge is 2.18. The molecule has 110 valence electrons. The molecule has 0 aliphatic heterocycles. The van der Waals surface area contributed by atoms with Gasteiger partial charge in [0.05, 0.1) is 13.7 Å². The summed E-state index contributed by atoms with van der Waals surface area (Å²) in [4.78, 5) is 19.8. The average molecular weight is 285 g/mol. The van der Waals surface area contributed by atoms with E-state index >= 15 is 0 Å². The third kappa shape index (κ3) is 3.72. The molecule has 0 spiro atoms. The van der Waals surface area contributed by atoms with Gasteiger partial charge >= 0.3 is 6.03 Å². The van der Waals surface area contributed by atoms with Crippen LogP contribution < -0.4 is 9.64 Å². The Hall–Kier alpha value is -2.56. The average Bonchev–Trinajstić information content (AvgIpc) is 2.53. The van der Waals surface area contributed by atoms with Crippen LogP contribution in [-0.4, -0.2) is 37.1 Å². The van der Waals surface area contributed by atoms with E-state index < -0.39 is 0 Å². The van der Waals surface area contributed by atoms with Crippen LogP contribution in [0.2, 0.25) is 0 Å². The summed E-state index contributed by atoms with van der Waals surface area (Å²) in [6.45, 7) is 0.456. The third-order valence-electron chi connectivity index (χ3n) is 3.04. The normalized spacial score (nSPS) is 10.0. The fourth-order valence-corrected chi connectivity index (χ4v) is 1.96. The van der Waals surface area contributed by atoms with Gasteiger partial charge in [0.25, 0.3) is 0 Å². The lowest BCUT2D eigenvalue weighted by Gasteiger charge is -2.26. The van der Waals surface area contributed by atoms with E-state index in [1.807, 2.05) is 36.4 Å². The van der Waals surface area contributed by atoms with Gasteiger partial charge in [0.2, 0.25) is 0 Å². The van der Waals surface area contributed by atoms with Crippen LogP contribution in [0.25, 0.3) is 0 Å². The molecule has 0 unspecified atom stereocenters. The van der Waals surface area contributed by atoms with Crippen molar-refractivity contribution in [2.75, 3.05) is 26.1 Å². The molecule has 0 bridgehead atoms. The molecular formula is C16H19N3O2. The van der Waals surface area contributed by atoms with E-state index in [2.05, 4.69) is 4.98 Å². The number of aromatic nitrogens is 1. The fraction of sp³-hybridized carbons (Fsp3) is 0.250. The zero-order valence-corrected chi connectivity index (χ0v) is 12.5. The maximum absolute atomic E-state index is 12.4. The first-order valence-electron chi connectivity index (χ1n) is 6.63. The Bertz CT molecular complexity index is 599. The van der Waals surface area contributed by atoms with Crippen molar-refractivity contribution in [2.45, 2.75) is 6.54 Å². The molecular weight excluding hydrogens is 266 g/mol. The van der Waals surface area contributed by atoms with Gasteiger partial charge in [-0.05, 0) is 23.8 Å². The van der Waals surface area contributed by atoms with Crippen LogP contribution >= 0.6 is 0 Å². The minimum absolute atomic E-state index is 0.0906. The van der Waals surface area contributed by atoms with E-state index in [4.69, 9.17) is 4.74 Å². The maximum atomic E-state index is 12.4. The first kappa shape index (κ1) is 14.8. The second kappa shape index (κ2) is 6.74. The second-order valence-electron chi connectivity index (χ2n) is 4.83. The molecule has 0 saturated carbocycles. The van der Waals surface area contributed by atoms with Crippen LogP contribution in [0, 0.1) is 0 Å². The standard InChI is InChI=1S/C16H19N3O2/c1-18(2)16(20)19(12-13-6-5-9-17-11-13)14-7-4-8-15(10-14)21-3/h4-11H,12H2,1-3H3. The topological polar surface area (TPSA) is 45.7 Å². The van der Waals surface area contributed by atoms with E-state index in [-0.39, 0.29) is 6.03 Å². The van der Waals surface area contributed by atoms with E-state index in [0.717, 1.165) is 17.0 Å². The Kier molecular flexibility index (Phi) is 4.77. The van der Waals surface area contributed by atoms with Crippen LogP contribution in [-0.2, 0) is 6.54 Å². The monoisotopic (exact) mass is 285 g/mol. The van der Waals surface area contributed by atoms with Gasteiger partial charge in [0.15, 0.2) is 0 Å². The summed E-state index contributed by atoms with van der Waals surface area (Å²) in [5.74, 6) is 0.718. The highest BCUT2D eigenvalue weighted by Crippen LogP contribution is 2.23. The molecule has 2 aromatic rings. The first-order valence-corrected chi connectivity index (χ1v) is 6.63. The number of amides is 2. The molecule has 0 fully saturated rings. The number of urea groups is 1. The predicted octanol–water partition coefficient (Wildman–Crippen LogP) is 2.78. The summed E-state index contributed by atoms with van der Waals surface area (Å²) in [6.07, 6.45) is 3.48. The molecule has 21 heavy (non-hydrogen) atoms. The van der Waals surface area contributed by atoms with Crippen LogP contribution in [0.3, 0.4) is 0 Å². The Morgan fingerprint density at radius 1 is 1.24 bits per heavy atom. The summed E-state index contributed by atoms with van der Waals surface area (Å²) < 4.78 is 5.23. The number of carbonyl (C=O) groups is 1. The summed E-state index contributed by atoms with van der Waals surface area (Å²) in [6, 6.07) is 11.2. The summed E-state index contributed by atoms with van der Waals surface area (Å²) in [7, 11) is 5.08. The van der Waals surface area contributed by atoms with Gasteiger partial charge in [-0.3, -0.25) is 9.88 Å². The summed E-state index contributed by atoms with van der Waals surface area (Å²) in [5, 5.41) is 0. The summed E-state index contributed by atoms with van der Waals surface area (Å²) >= 11 is 0. The number of anilines is 1. The number of carbonyl (C=O) groups excluding carboxylic acids is 1. The third-order valence-corrected chi connectivity index (χ3v) is 3.04. The number of benzene rings is 1. The van der Waals surface area contributed by atoms with Gasteiger partial charge in [-0.2, -0.15) is 0 Å². The fourth-order valence-electron chi connectivity index (χ4n) is 1.96. The smallest absolute Gasteiger partial charge is 0.324 e. The Labute approximate surface area is 124 Å². The first-order chi connectivity index (χ1) is 10.1. The number of nitrogens with zero attached hydrogens (tertiary/aromatic N) is 3. The van der Waals surface area contributed by atoms with Crippen molar-refractivity contribution in [3.8, 4) is 5.75 Å². The van der Waals surface area contributed by atoms with Gasteiger partial charge in [-0.15, -0.1) is 0 Å². The van der Waals surface area contributed by atoms with Crippen molar-refractivity contribution >= 4 is 11.7 Å². The summed E-state index contributed by atoms with van der Waals surface area (Å²) in [5.41, 5.74) is 1.76. The zero-order valence-electron chi connectivity index (χ0n) is 12.5. The highest BCUT2D eigenvalue weighted by molar-refractivity contribution is 5.91. The molecule has 1 heterocycles. The minimum Gasteiger partial charge on any atom is -0.497 e. The molecule has 1 aromatic heterocycles. The lowest BCUT2D eigenvalue weighted by molar-refractivity contribution is 0.223. The van der Waals surface area contributed by atoms with Crippen LogP contribution in [0.5, 0.6) is 5.75 Å². The number of ether oxygens (including phenoxy) is 1. The molecule has 0 radical (unpaired) electrons. The van der Waals surface area contributed by atoms with Crippen molar-refractivity contribution in [1.29, 1.82) is 0 Å². The van der Waals surface area contributed by atoms with Crippen molar-refractivity contribution in [3.63, 3.8) is 0 Å². The molecule has 2 amide bonds. The lowest BCUT2D eigenvalue weighted by Crippen LogP contribution is -2.38. The molecule has 5 heteroatoms. The molecule has 2 rings (SSSR count). The Morgan fingerprint density at radius 3 is 2.67 bits per heavy atom. The van der Waals surface area contributed by atoms with Gasteiger partial charge in [0, 0.05) is 38.2 Å². The maximum Gasteiger partial charge on any atom is 0.324 e. The predicted molar refractivity (Wildman–Crippen MR) is 82.5 cm³/mol. The van der Waals surface area contributed by atoms with E-state index in [1.165, 1.54) is 0 Å². The number of methoxy groups -OCH3 is 1. The van der Waals surface area contributed by atoms with Crippen molar-refractivity contribution < 1.29 is 9.53 Å². The molecule has 0 aliphatic carbocycles. The van der Waals surface area contributed by atoms with E-state index in [1.54, 1.807) is 43.4 Å². The molecule has 0 atom stereocenters. The lowest BCUT2D eigenvalue weighted by atomic mass is 10.2. The zero-order chi connectivity index (χ0) is 15.2. The SMILES string of the molecule is COc1cccc(N(Cc2cccnc2)C(=O)N(C)C)c1. The highest BCUT2D eigenvalue weighted by atomic mass is 16.5. The van der Waals surface area contributed by atoms with Crippen molar-refractivity contribution in [3.05, 3.63) is 54.4 Å². The number of hydrogen-bond donors (Lipinski definition) is 0. The number of rotatable bonds is 4. The van der Waals surface area contributed by atoms with Crippen molar-refractivity contribution in [2.24, 2.45) is 0 Å². The minimum atomic E-state index is -0.0906. The largest absolute Gasteiger partial charge is 0.497 e. The van der Waals surface area contributed by atoms with E-state index in [0.29, 0.717) is 6.54 Å². The Balaban J connectivity index is 2.33. The van der Waals surface area contributed by atoms with Crippen molar-refractivity contribution in [1.82, 2.24) is 9.88 Å². The molecule has 0 N–H and O–H groups in total. The quantitative estimate of drug-likeness (QED) is 0.867. The van der Waals surface area contributed by atoms with Gasteiger partial charge in [-0.25, -0.2) is 4.79 Å². The van der Waals surface area contributed by atoms with Gasteiger partial charge in [-0.1, -0.05) is 12.1 Å². The van der Waals surface area contributed by atoms with Crippen LogP contribution in [0.1, 0.15) is 5.56 Å². The Morgan fingerprint density at radius 2 is 2.05 bits per heavy atom. The second-order valence-corrected chi connectivity index (χ2v) is 4.83. The van der Waals surface area contributed by atoms with Gasteiger partial charge in [0.1, 0.15) is 5.75 Å². The molecule has 0 aliphatic rings. The molecule has 5 nitrogen and oxygen atoms in total. The molecule has 0 saturated heterocycles. The van der Waals surface area contributed by atoms with E-state index in [9.17, 15) is 4.79 Å². The van der Waals surface area contributed by atoms with Gasteiger partial charge < -0.3 is 9.64 Å². The molecule has 1 aromatic carbocycles.